The molecule has 9 rings (SSSR count). The predicted molar refractivity (Wildman–Crippen MR) is 266 cm³/mol. The summed E-state index contributed by atoms with van der Waals surface area (Å²) in [6.45, 7) is 5.34. The zero-order valence-electron chi connectivity index (χ0n) is 37.4. The van der Waals surface area contributed by atoms with Crippen LogP contribution in [0, 0.1) is 13.8 Å². The highest BCUT2D eigenvalue weighted by Gasteiger charge is 2.46. The predicted octanol–water partition coefficient (Wildman–Crippen LogP) is 11.9. The molecular formula is C58H46N4O5. The van der Waals surface area contributed by atoms with Gasteiger partial charge in [0.15, 0.2) is 11.6 Å². The standard InChI is InChI=1S/C58H46N4O5/c1-35-33-42(21-31-52(35)61-56(66)40-15-13-38(14-16-40)37(3)63)43-22-32-53(36(2)34-43)62-57(67)41-19-17-39(18-20-41)55(65)60-47-29-25-45(26-30-47)58(44-23-27-46(59-4)28-24-44)50-11-7-5-9-48(50)54(64)49-10-6-8-12-51(49)58/h5-34,59H,1-4H3,(H,60,65)(H,61,66)(H,62,67). The molecule has 0 heterocycles. The minimum Gasteiger partial charge on any atom is -0.388 e. The van der Waals surface area contributed by atoms with Gasteiger partial charge in [0.1, 0.15) is 0 Å². The summed E-state index contributed by atoms with van der Waals surface area (Å²) >= 11 is 0. The van der Waals surface area contributed by atoms with Crippen molar-refractivity contribution in [3.05, 3.63) is 249 Å². The lowest BCUT2D eigenvalue weighted by Crippen LogP contribution is -2.38. The number of hydrogen-bond acceptors (Lipinski definition) is 6. The Morgan fingerprint density at radius 2 is 0.821 bits per heavy atom. The zero-order valence-corrected chi connectivity index (χ0v) is 37.4. The Morgan fingerprint density at radius 3 is 1.22 bits per heavy atom. The van der Waals surface area contributed by atoms with Gasteiger partial charge in [0.05, 0.1) is 5.41 Å². The van der Waals surface area contributed by atoms with Crippen LogP contribution < -0.4 is 21.3 Å². The maximum atomic E-state index is 13.9. The molecule has 1 aliphatic rings. The number of carbonyl (C=O) groups excluding carboxylic acids is 5. The second kappa shape index (κ2) is 18.1. The summed E-state index contributed by atoms with van der Waals surface area (Å²) in [4.78, 5) is 65.4. The number of aryl methyl sites for hydroxylation is 2. The third-order valence-electron chi connectivity index (χ3n) is 12.6. The van der Waals surface area contributed by atoms with E-state index < -0.39 is 5.41 Å². The van der Waals surface area contributed by atoms with E-state index in [-0.39, 0.29) is 29.3 Å². The number of amides is 3. The molecule has 3 amide bonds. The average molecular weight is 879 g/mol. The van der Waals surface area contributed by atoms with E-state index >= 15 is 0 Å². The van der Waals surface area contributed by atoms with Gasteiger partial charge in [-0.25, -0.2) is 0 Å². The topological polar surface area (TPSA) is 133 Å². The number of nitrogens with one attached hydrogen (secondary N) is 4. The molecule has 9 nitrogen and oxygen atoms in total. The van der Waals surface area contributed by atoms with Crippen LogP contribution in [-0.2, 0) is 5.41 Å². The van der Waals surface area contributed by atoms with Gasteiger partial charge in [-0.1, -0.05) is 97.1 Å². The average Bonchev–Trinajstić information content (AvgIpc) is 3.36. The first-order valence-electron chi connectivity index (χ1n) is 21.9. The molecule has 0 radical (unpaired) electrons. The molecule has 0 bridgehead atoms. The van der Waals surface area contributed by atoms with Crippen molar-refractivity contribution >= 4 is 52.0 Å². The first-order valence-corrected chi connectivity index (χ1v) is 21.9. The van der Waals surface area contributed by atoms with Gasteiger partial charge in [-0.05, 0) is 150 Å². The van der Waals surface area contributed by atoms with Crippen molar-refractivity contribution in [2.45, 2.75) is 26.2 Å². The first kappa shape index (κ1) is 43.6. The number of anilines is 4. The number of carbonyl (C=O) groups is 5. The van der Waals surface area contributed by atoms with E-state index in [9.17, 15) is 24.0 Å². The lowest BCUT2D eigenvalue weighted by Gasteiger charge is -2.41. The molecule has 0 fully saturated rings. The molecule has 0 saturated heterocycles. The summed E-state index contributed by atoms with van der Waals surface area (Å²) in [5.74, 6) is -0.976. The van der Waals surface area contributed by atoms with Crippen molar-refractivity contribution in [2.24, 2.45) is 0 Å². The quantitative estimate of drug-likeness (QED) is 0.0956. The van der Waals surface area contributed by atoms with E-state index in [2.05, 4.69) is 33.4 Å². The number of benzene rings is 8. The number of ketones is 2. The van der Waals surface area contributed by atoms with E-state index in [4.69, 9.17) is 0 Å². The van der Waals surface area contributed by atoms with Crippen LogP contribution >= 0.6 is 0 Å². The van der Waals surface area contributed by atoms with Gasteiger partial charge >= 0.3 is 0 Å². The molecule has 4 N–H and O–H groups in total. The normalized spacial score (nSPS) is 12.3. The molecule has 0 spiro atoms. The third kappa shape index (κ3) is 8.30. The highest BCUT2D eigenvalue weighted by Crippen LogP contribution is 2.51. The largest absolute Gasteiger partial charge is 0.388 e. The number of fused-ring (bicyclic) bond motifs is 2. The van der Waals surface area contributed by atoms with Gasteiger partial charge in [-0.3, -0.25) is 24.0 Å². The van der Waals surface area contributed by atoms with E-state index in [1.165, 1.54) is 6.92 Å². The van der Waals surface area contributed by atoms with Crippen molar-refractivity contribution in [3.63, 3.8) is 0 Å². The summed E-state index contributed by atoms with van der Waals surface area (Å²) in [7, 11) is 1.88. The van der Waals surface area contributed by atoms with Crippen LogP contribution in [0.4, 0.5) is 22.7 Å². The Morgan fingerprint density at radius 1 is 0.433 bits per heavy atom. The fourth-order valence-electron chi connectivity index (χ4n) is 8.97. The molecule has 0 unspecified atom stereocenters. The fourth-order valence-corrected chi connectivity index (χ4v) is 8.97. The molecule has 1 aliphatic carbocycles. The third-order valence-corrected chi connectivity index (χ3v) is 12.6. The molecule has 67 heavy (non-hydrogen) atoms. The maximum Gasteiger partial charge on any atom is 0.255 e. The summed E-state index contributed by atoms with van der Waals surface area (Å²) < 4.78 is 0. The highest BCUT2D eigenvalue weighted by atomic mass is 16.2. The van der Waals surface area contributed by atoms with Gasteiger partial charge in [-0.15, -0.1) is 0 Å². The van der Waals surface area contributed by atoms with E-state index in [0.717, 1.165) is 50.2 Å². The second-order valence-electron chi connectivity index (χ2n) is 16.7. The molecule has 8 aromatic carbocycles. The molecule has 0 atom stereocenters. The fraction of sp³-hybridized carbons (Fsp3) is 0.0862. The van der Waals surface area contributed by atoms with Gasteiger partial charge in [0, 0.05) is 63.2 Å². The first-order chi connectivity index (χ1) is 32.4. The maximum absolute atomic E-state index is 13.9. The number of rotatable bonds is 11. The van der Waals surface area contributed by atoms with Gasteiger partial charge in [0.25, 0.3) is 17.7 Å². The summed E-state index contributed by atoms with van der Waals surface area (Å²) in [5.41, 5.74) is 12.5. The Labute approximate surface area is 388 Å². The summed E-state index contributed by atoms with van der Waals surface area (Å²) in [6.07, 6.45) is 0. The molecule has 9 heteroatoms. The monoisotopic (exact) mass is 878 g/mol. The van der Waals surface area contributed by atoms with Crippen LogP contribution in [0.2, 0.25) is 0 Å². The minimum atomic E-state index is -0.811. The smallest absolute Gasteiger partial charge is 0.255 e. The number of Topliss-reactive ketones (excluding diaryl/α,β-unsaturated/α-hetero) is 1. The van der Waals surface area contributed by atoms with Gasteiger partial charge < -0.3 is 21.3 Å². The van der Waals surface area contributed by atoms with Crippen LogP contribution in [-0.4, -0.2) is 36.3 Å². The zero-order chi connectivity index (χ0) is 46.8. The SMILES string of the molecule is CNc1ccc(C2(c3ccc(NC(=O)c4ccc(C(=O)Nc5ccc(-c6ccc(NC(=O)c7ccc(C(C)=O)cc7)c(C)c6)cc5C)cc4)cc3)c3ccccc3C(=O)c3ccccc32)cc1. The van der Waals surface area contributed by atoms with Crippen LogP contribution in [0.15, 0.2) is 182 Å². The lowest BCUT2D eigenvalue weighted by atomic mass is 9.59. The van der Waals surface area contributed by atoms with Gasteiger partial charge in [0.2, 0.25) is 0 Å². The van der Waals surface area contributed by atoms with Crippen molar-refractivity contribution in [1.29, 1.82) is 0 Å². The Hall–Kier alpha value is -8.69. The Kier molecular flexibility index (Phi) is 11.7. The Balaban J connectivity index is 0.875. The van der Waals surface area contributed by atoms with Crippen LogP contribution in [0.1, 0.15) is 97.7 Å². The number of hydrogen-bond donors (Lipinski definition) is 4. The summed E-state index contributed by atoms with van der Waals surface area (Å²) in [6, 6.07) is 56.3. The molecule has 328 valence electrons. The summed E-state index contributed by atoms with van der Waals surface area (Å²) in [5, 5.41) is 12.2. The Bertz CT molecular complexity index is 3200. The lowest BCUT2D eigenvalue weighted by molar-refractivity contribution is 0.100. The second-order valence-corrected chi connectivity index (χ2v) is 16.7. The van der Waals surface area contributed by atoms with Crippen LogP contribution in [0.3, 0.4) is 0 Å². The van der Waals surface area contributed by atoms with Crippen LogP contribution in [0.5, 0.6) is 0 Å². The molecule has 0 aromatic heterocycles. The molecule has 0 aliphatic heterocycles. The van der Waals surface area contributed by atoms with E-state index in [1.54, 1.807) is 48.5 Å². The van der Waals surface area contributed by atoms with E-state index in [1.807, 2.05) is 142 Å². The van der Waals surface area contributed by atoms with Crippen molar-refractivity contribution < 1.29 is 24.0 Å². The van der Waals surface area contributed by atoms with Crippen LogP contribution in [0.25, 0.3) is 11.1 Å². The molecule has 0 saturated carbocycles. The van der Waals surface area contributed by atoms with Gasteiger partial charge in [-0.2, -0.15) is 0 Å². The minimum absolute atomic E-state index is 0.0118. The van der Waals surface area contributed by atoms with Crippen molar-refractivity contribution in [2.75, 3.05) is 28.3 Å². The highest BCUT2D eigenvalue weighted by molar-refractivity contribution is 6.14. The van der Waals surface area contributed by atoms with Crippen molar-refractivity contribution in [3.8, 4) is 11.1 Å². The van der Waals surface area contributed by atoms with Crippen molar-refractivity contribution in [1.82, 2.24) is 0 Å². The van der Waals surface area contributed by atoms with E-state index in [0.29, 0.717) is 50.4 Å². The molecule has 8 aromatic rings. The molecular weight excluding hydrogens is 833 g/mol.